The van der Waals surface area contributed by atoms with E-state index in [1.54, 1.807) is 11.8 Å². The standard InChI is InChI=1S/C14H19NS/c1-4-9-16-10-8-15-11-14-7-5-6-12(2)13(14)3/h1,5-7,15H,8-11H2,2-3H3. The third-order valence-electron chi connectivity index (χ3n) is 2.64. The van der Waals surface area contributed by atoms with Gasteiger partial charge in [0.1, 0.15) is 0 Å². The maximum atomic E-state index is 5.18. The normalized spacial score (nSPS) is 10.1. The third-order valence-corrected chi connectivity index (χ3v) is 3.50. The molecule has 1 aromatic carbocycles. The highest BCUT2D eigenvalue weighted by atomic mass is 32.2. The van der Waals surface area contributed by atoms with Crippen LogP contribution in [0.4, 0.5) is 0 Å². The first-order valence-corrected chi connectivity index (χ1v) is 6.68. The highest BCUT2D eigenvalue weighted by Crippen LogP contribution is 2.12. The molecule has 16 heavy (non-hydrogen) atoms. The van der Waals surface area contributed by atoms with Gasteiger partial charge in [-0.25, -0.2) is 0 Å². The van der Waals surface area contributed by atoms with Gasteiger partial charge in [0.05, 0.1) is 5.75 Å². The van der Waals surface area contributed by atoms with Crippen molar-refractivity contribution in [1.29, 1.82) is 0 Å². The van der Waals surface area contributed by atoms with E-state index in [9.17, 15) is 0 Å². The topological polar surface area (TPSA) is 12.0 Å². The molecule has 0 radical (unpaired) electrons. The lowest BCUT2D eigenvalue weighted by Crippen LogP contribution is -2.17. The lowest BCUT2D eigenvalue weighted by Gasteiger charge is -2.09. The van der Waals surface area contributed by atoms with Gasteiger partial charge in [0.2, 0.25) is 0 Å². The summed E-state index contributed by atoms with van der Waals surface area (Å²) >= 11 is 1.80. The smallest absolute Gasteiger partial charge is 0.0545 e. The quantitative estimate of drug-likeness (QED) is 0.599. The number of rotatable bonds is 6. The van der Waals surface area contributed by atoms with Gasteiger partial charge in [-0.3, -0.25) is 0 Å². The Bertz CT molecular complexity index is 365. The SMILES string of the molecule is C#CCSCCNCc1cccc(C)c1C. The van der Waals surface area contributed by atoms with Crippen LogP contribution in [0.15, 0.2) is 18.2 Å². The van der Waals surface area contributed by atoms with Crippen molar-refractivity contribution in [2.45, 2.75) is 20.4 Å². The molecule has 0 spiro atoms. The van der Waals surface area contributed by atoms with Crippen LogP contribution in [0.3, 0.4) is 0 Å². The van der Waals surface area contributed by atoms with Gasteiger partial charge in [0, 0.05) is 18.8 Å². The van der Waals surface area contributed by atoms with Gasteiger partial charge < -0.3 is 5.32 Å². The Labute approximate surface area is 103 Å². The summed E-state index contributed by atoms with van der Waals surface area (Å²) < 4.78 is 0. The first kappa shape index (κ1) is 13.2. The Morgan fingerprint density at radius 2 is 2.19 bits per heavy atom. The van der Waals surface area contributed by atoms with Crippen LogP contribution in [0.25, 0.3) is 0 Å². The molecule has 0 aliphatic heterocycles. The van der Waals surface area contributed by atoms with E-state index in [0.29, 0.717) is 0 Å². The van der Waals surface area contributed by atoms with E-state index in [1.165, 1.54) is 16.7 Å². The molecule has 0 fully saturated rings. The molecule has 0 aromatic heterocycles. The number of benzene rings is 1. The number of nitrogens with one attached hydrogen (secondary N) is 1. The Hall–Kier alpha value is -0.910. The first-order valence-electron chi connectivity index (χ1n) is 5.52. The van der Waals surface area contributed by atoms with E-state index in [-0.39, 0.29) is 0 Å². The number of hydrogen-bond donors (Lipinski definition) is 1. The molecule has 0 atom stereocenters. The summed E-state index contributed by atoms with van der Waals surface area (Å²) in [7, 11) is 0. The van der Waals surface area contributed by atoms with Crippen molar-refractivity contribution in [3.05, 3.63) is 34.9 Å². The lowest BCUT2D eigenvalue weighted by molar-refractivity contribution is 0.728. The summed E-state index contributed by atoms with van der Waals surface area (Å²) in [5.41, 5.74) is 4.15. The van der Waals surface area contributed by atoms with Crippen molar-refractivity contribution < 1.29 is 0 Å². The van der Waals surface area contributed by atoms with Crippen molar-refractivity contribution in [3.8, 4) is 12.3 Å². The van der Waals surface area contributed by atoms with Gasteiger partial charge in [-0.2, -0.15) is 0 Å². The van der Waals surface area contributed by atoms with Gasteiger partial charge in [-0.15, -0.1) is 18.2 Å². The van der Waals surface area contributed by atoms with Crippen LogP contribution in [0, 0.1) is 26.2 Å². The molecule has 0 aliphatic rings. The molecule has 1 aromatic rings. The Kier molecular flexibility index (Phi) is 6.07. The highest BCUT2D eigenvalue weighted by molar-refractivity contribution is 7.99. The molecule has 0 heterocycles. The van der Waals surface area contributed by atoms with E-state index in [0.717, 1.165) is 24.6 Å². The highest BCUT2D eigenvalue weighted by Gasteiger charge is 1.99. The molecule has 0 bridgehead atoms. The molecule has 1 rings (SSSR count). The van der Waals surface area contributed by atoms with Crippen LogP contribution in [-0.4, -0.2) is 18.1 Å². The Balaban J connectivity index is 2.27. The van der Waals surface area contributed by atoms with Crippen molar-refractivity contribution in [2.75, 3.05) is 18.1 Å². The lowest BCUT2D eigenvalue weighted by atomic mass is 10.0. The molecule has 1 nitrogen and oxygen atoms in total. The van der Waals surface area contributed by atoms with Gasteiger partial charge in [0.25, 0.3) is 0 Å². The molecule has 0 saturated heterocycles. The zero-order valence-corrected chi connectivity index (χ0v) is 10.9. The van der Waals surface area contributed by atoms with Crippen LogP contribution in [0.2, 0.25) is 0 Å². The fourth-order valence-corrected chi connectivity index (χ4v) is 2.05. The fourth-order valence-electron chi connectivity index (χ4n) is 1.50. The molecule has 2 heteroatoms. The van der Waals surface area contributed by atoms with Crippen LogP contribution >= 0.6 is 11.8 Å². The number of terminal acetylenes is 1. The van der Waals surface area contributed by atoms with Gasteiger partial charge in [-0.1, -0.05) is 24.1 Å². The van der Waals surface area contributed by atoms with Crippen LogP contribution in [0.5, 0.6) is 0 Å². The molecule has 86 valence electrons. The van der Waals surface area contributed by atoms with Crippen LogP contribution < -0.4 is 5.32 Å². The van der Waals surface area contributed by atoms with Crippen molar-refractivity contribution in [3.63, 3.8) is 0 Å². The van der Waals surface area contributed by atoms with Gasteiger partial charge in [0.15, 0.2) is 0 Å². The predicted octanol–water partition coefficient (Wildman–Crippen LogP) is 2.76. The van der Waals surface area contributed by atoms with E-state index in [4.69, 9.17) is 6.42 Å². The average Bonchev–Trinajstić information content (AvgIpc) is 2.29. The molecular weight excluding hydrogens is 214 g/mol. The van der Waals surface area contributed by atoms with Crippen LogP contribution in [0.1, 0.15) is 16.7 Å². The van der Waals surface area contributed by atoms with Crippen molar-refractivity contribution in [1.82, 2.24) is 5.32 Å². The maximum absolute atomic E-state index is 5.18. The van der Waals surface area contributed by atoms with Crippen molar-refractivity contribution in [2.24, 2.45) is 0 Å². The van der Waals surface area contributed by atoms with Crippen LogP contribution in [-0.2, 0) is 6.54 Å². The monoisotopic (exact) mass is 233 g/mol. The molecule has 1 N–H and O–H groups in total. The molecule has 0 amide bonds. The van der Waals surface area contributed by atoms with Gasteiger partial charge in [-0.05, 0) is 30.5 Å². The summed E-state index contributed by atoms with van der Waals surface area (Å²) in [5.74, 6) is 4.52. The molecule has 0 unspecified atom stereocenters. The van der Waals surface area contributed by atoms with E-state index in [1.807, 2.05) is 0 Å². The number of hydrogen-bond acceptors (Lipinski definition) is 2. The molecule has 0 aliphatic carbocycles. The Morgan fingerprint density at radius 1 is 1.38 bits per heavy atom. The second kappa shape index (κ2) is 7.38. The average molecular weight is 233 g/mol. The second-order valence-corrected chi connectivity index (χ2v) is 4.90. The molecular formula is C14H19NS. The van der Waals surface area contributed by atoms with Crippen molar-refractivity contribution >= 4 is 11.8 Å². The minimum atomic E-state index is 0.811. The van der Waals surface area contributed by atoms with E-state index >= 15 is 0 Å². The number of aryl methyl sites for hydroxylation is 1. The van der Waals surface area contributed by atoms with Gasteiger partial charge >= 0.3 is 0 Å². The third kappa shape index (κ3) is 4.30. The maximum Gasteiger partial charge on any atom is 0.0545 e. The summed E-state index contributed by atoms with van der Waals surface area (Å²) in [6.45, 7) is 6.30. The summed E-state index contributed by atoms with van der Waals surface area (Å²) in [5, 5.41) is 3.44. The first-order chi connectivity index (χ1) is 7.75. The minimum absolute atomic E-state index is 0.811. The fraction of sp³-hybridized carbons (Fsp3) is 0.429. The summed E-state index contributed by atoms with van der Waals surface area (Å²) in [6, 6.07) is 6.46. The number of thioether (sulfide) groups is 1. The second-order valence-electron chi connectivity index (χ2n) is 3.79. The van der Waals surface area contributed by atoms with E-state index < -0.39 is 0 Å². The minimum Gasteiger partial charge on any atom is -0.312 e. The zero-order chi connectivity index (χ0) is 11.8. The Morgan fingerprint density at radius 3 is 2.94 bits per heavy atom. The molecule has 0 saturated carbocycles. The zero-order valence-electron chi connectivity index (χ0n) is 10.0. The summed E-state index contributed by atoms with van der Waals surface area (Å²) in [6.07, 6.45) is 5.18. The van der Waals surface area contributed by atoms with E-state index in [2.05, 4.69) is 43.3 Å². The summed E-state index contributed by atoms with van der Waals surface area (Å²) in [4.78, 5) is 0. The largest absolute Gasteiger partial charge is 0.312 e. The predicted molar refractivity (Wildman–Crippen MR) is 73.8 cm³/mol.